The Balaban J connectivity index is 1.58. The van der Waals surface area contributed by atoms with Crippen LogP contribution >= 0.6 is 0 Å². The van der Waals surface area contributed by atoms with Gasteiger partial charge >= 0.3 is 5.97 Å². The minimum Gasteiger partial charge on any atom is -0.491 e. The van der Waals surface area contributed by atoms with Crippen molar-refractivity contribution in [3.05, 3.63) is 29.8 Å². The molecular weight excluding hydrogens is 244 g/mol. The molecule has 0 spiro atoms. The molecule has 19 heavy (non-hydrogen) atoms. The molecule has 104 valence electrons. The summed E-state index contributed by atoms with van der Waals surface area (Å²) in [7, 11) is 0. The lowest BCUT2D eigenvalue weighted by molar-refractivity contribution is -0.136. The zero-order valence-electron chi connectivity index (χ0n) is 11.0. The molecule has 2 rings (SSSR count). The fourth-order valence-electron chi connectivity index (χ4n) is 1.86. The molecule has 1 aromatic rings. The van der Waals surface area contributed by atoms with E-state index < -0.39 is 5.97 Å². The monoisotopic (exact) mass is 264 g/mol. The number of aliphatic carboxylic acids is 1. The van der Waals surface area contributed by atoms with Gasteiger partial charge in [0.2, 0.25) is 0 Å². The molecule has 1 saturated carbocycles. The molecule has 1 aromatic carbocycles. The Hall–Kier alpha value is -1.55. The summed E-state index contributed by atoms with van der Waals surface area (Å²) in [5, 5.41) is 8.66. The van der Waals surface area contributed by atoms with Gasteiger partial charge in [0.05, 0.1) is 13.0 Å². The minimum atomic E-state index is -0.822. The van der Waals surface area contributed by atoms with Crippen LogP contribution in [0.2, 0.25) is 0 Å². The highest BCUT2D eigenvalue weighted by Crippen LogP contribution is 2.32. The molecular formula is C15H20O4. The molecule has 0 heterocycles. The van der Waals surface area contributed by atoms with Gasteiger partial charge in [0, 0.05) is 6.61 Å². The normalized spacial score (nSPS) is 14.3. The standard InChI is InChI=1S/C15H20O4/c16-15(17)11-13-3-5-14(6-4-13)19-10-9-18-8-7-12-1-2-12/h3-6,12H,1-2,7-11H2,(H,16,17). The van der Waals surface area contributed by atoms with Gasteiger partial charge in [-0.3, -0.25) is 4.79 Å². The zero-order valence-corrected chi connectivity index (χ0v) is 11.0. The number of carboxylic acids is 1. The van der Waals surface area contributed by atoms with Crippen LogP contribution in [0.1, 0.15) is 24.8 Å². The minimum absolute atomic E-state index is 0.0462. The fourth-order valence-corrected chi connectivity index (χ4v) is 1.86. The molecule has 0 saturated heterocycles. The average Bonchev–Trinajstić information content (AvgIpc) is 3.19. The highest BCUT2D eigenvalue weighted by Gasteiger charge is 2.20. The van der Waals surface area contributed by atoms with Crippen molar-refractivity contribution in [3.8, 4) is 5.75 Å². The van der Waals surface area contributed by atoms with Gasteiger partial charge in [-0.25, -0.2) is 0 Å². The molecule has 1 N–H and O–H groups in total. The van der Waals surface area contributed by atoms with Crippen molar-refractivity contribution >= 4 is 5.97 Å². The first kappa shape index (κ1) is 13.9. The van der Waals surface area contributed by atoms with Gasteiger partial charge in [-0.15, -0.1) is 0 Å². The summed E-state index contributed by atoms with van der Waals surface area (Å²) in [6.07, 6.45) is 3.94. The third-order valence-electron chi connectivity index (χ3n) is 3.14. The summed E-state index contributed by atoms with van der Waals surface area (Å²) < 4.78 is 11.0. The first-order chi connectivity index (χ1) is 9.24. The summed E-state index contributed by atoms with van der Waals surface area (Å²) in [6, 6.07) is 7.14. The number of hydrogen-bond donors (Lipinski definition) is 1. The Labute approximate surface area is 113 Å². The van der Waals surface area contributed by atoms with Gasteiger partial charge in [-0.05, 0) is 30.0 Å². The van der Waals surface area contributed by atoms with Crippen LogP contribution in [0.4, 0.5) is 0 Å². The predicted octanol–water partition coefficient (Wildman–Crippen LogP) is 2.51. The van der Waals surface area contributed by atoms with E-state index in [1.54, 1.807) is 24.3 Å². The van der Waals surface area contributed by atoms with Crippen molar-refractivity contribution in [2.75, 3.05) is 19.8 Å². The van der Waals surface area contributed by atoms with Crippen LogP contribution in [-0.2, 0) is 16.0 Å². The molecule has 1 aliphatic carbocycles. The number of rotatable bonds is 9. The number of carboxylic acid groups (broad SMARTS) is 1. The van der Waals surface area contributed by atoms with Crippen LogP contribution in [0.5, 0.6) is 5.75 Å². The zero-order chi connectivity index (χ0) is 13.5. The van der Waals surface area contributed by atoms with Crippen LogP contribution in [0.25, 0.3) is 0 Å². The van der Waals surface area contributed by atoms with Crippen molar-refractivity contribution in [1.29, 1.82) is 0 Å². The third-order valence-corrected chi connectivity index (χ3v) is 3.14. The second-order valence-electron chi connectivity index (χ2n) is 4.91. The molecule has 0 bridgehead atoms. The number of ether oxygens (including phenoxy) is 2. The van der Waals surface area contributed by atoms with E-state index in [0.717, 1.165) is 23.8 Å². The van der Waals surface area contributed by atoms with Crippen LogP contribution in [0.15, 0.2) is 24.3 Å². The largest absolute Gasteiger partial charge is 0.491 e. The van der Waals surface area contributed by atoms with Crippen LogP contribution in [-0.4, -0.2) is 30.9 Å². The molecule has 0 aromatic heterocycles. The smallest absolute Gasteiger partial charge is 0.307 e. The van der Waals surface area contributed by atoms with Gasteiger partial charge in [0.15, 0.2) is 0 Å². The quantitative estimate of drug-likeness (QED) is 0.696. The highest BCUT2D eigenvalue weighted by atomic mass is 16.5. The van der Waals surface area contributed by atoms with Gasteiger partial charge in [-0.1, -0.05) is 25.0 Å². The molecule has 4 heteroatoms. The van der Waals surface area contributed by atoms with E-state index >= 15 is 0 Å². The van der Waals surface area contributed by atoms with E-state index in [1.165, 1.54) is 19.3 Å². The van der Waals surface area contributed by atoms with E-state index in [1.807, 2.05) is 0 Å². The van der Waals surface area contributed by atoms with Crippen molar-refractivity contribution in [3.63, 3.8) is 0 Å². The summed E-state index contributed by atoms with van der Waals surface area (Å²) in [6.45, 7) is 1.96. The van der Waals surface area contributed by atoms with Crippen molar-refractivity contribution < 1.29 is 19.4 Å². The Bertz CT molecular complexity index is 395. The number of hydrogen-bond acceptors (Lipinski definition) is 3. The van der Waals surface area contributed by atoms with Gasteiger partial charge in [-0.2, -0.15) is 0 Å². The molecule has 1 aliphatic rings. The SMILES string of the molecule is O=C(O)Cc1ccc(OCCOCCC2CC2)cc1. The maximum Gasteiger partial charge on any atom is 0.307 e. The molecule has 0 unspecified atom stereocenters. The fraction of sp³-hybridized carbons (Fsp3) is 0.533. The summed E-state index contributed by atoms with van der Waals surface area (Å²) >= 11 is 0. The Morgan fingerprint density at radius 3 is 2.53 bits per heavy atom. The van der Waals surface area contributed by atoms with E-state index in [2.05, 4.69) is 0 Å². The summed E-state index contributed by atoms with van der Waals surface area (Å²) in [5.41, 5.74) is 0.778. The molecule has 0 radical (unpaired) electrons. The average molecular weight is 264 g/mol. The maximum atomic E-state index is 10.5. The van der Waals surface area contributed by atoms with E-state index in [-0.39, 0.29) is 6.42 Å². The van der Waals surface area contributed by atoms with Gasteiger partial charge in [0.1, 0.15) is 12.4 Å². The Kier molecular flexibility index (Phi) is 5.21. The maximum absolute atomic E-state index is 10.5. The molecule has 0 atom stereocenters. The molecule has 0 amide bonds. The van der Waals surface area contributed by atoms with Gasteiger partial charge < -0.3 is 14.6 Å². The van der Waals surface area contributed by atoms with E-state index in [9.17, 15) is 4.79 Å². The van der Waals surface area contributed by atoms with E-state index in [4.69, 9.17) is 14.6 Å². The molecule has 1 fully saturated rings. The Morgan fingerprint density at radius 2 is 1.89 bits per heavy atom. The first-order valence-electron chi connectivity index (χ1n) is 6.75. The first-order valence-corrected chi connectivity index (χ1v) is 6.75. The van der Waals surface area contributed by atoms with Crippen LogP contribution in [0.3, 0.4) is 0 Å². The molecule has 0 aliphatic heterocycles. The number of benzene rings is 1. The van der Waals surface area contributed by atoms with Crippen LogP contribution in [0, 0.1) is 5.92 Å². The second kappa shape index (κ2) is 7.14. The lowest BCUT2D eigenvalue weighted by Crippen LogP contribution is -2.08. The van der Waals surface area contributed by atoms with Gasteiger partial charge in [0.25, 0.3) is 0 Å². The lowest BCUT2D eigenvalue weighted by atomic mass is 10.1. The second-order valence-corrected chi connectivity index (χ2v) is 4.91. The Morgan fingerprint density at radius 1 is 1.16 bits per heavy atom. The third kappa shape index (κ3) is 5.75. The lowest BCUT2D eigenvalue weighted by Gasteiger charge is -2.07. The predicted molar refractivity (Wildman–Crippen MR) is 71.4 cm³/mol. The summed E-state index contributed by atoms with van der Waals surface area (Å²) in [4.78, 5) is 10.5. The van der Waals surface area contributed by atoms with Crippen molar-refractivity contribution in [2.24, 2.45) is 5.92 Å². The van der Waals surface area contributed by atoms with E-state index in [0.29, 0.717) is 13.2 Å². The summed E-state index contributed by atoms with van der Waals surface area (Å²) in [5.74, 6) is 0.834. The highest BCUT2D eigenvalue weighted by molar-refractivity contribution is 5.70. The molecule has 4 nitrogen and oxygen atoms in total. The topological polar surface area (TPSA) is 55.8 Å². The number of carbonyl (C=O) groups is 1. The van der Waals surface area contributed by atoms with Crippen molar-refractivity contribution in [2.45, 2.75) is 25.7 Å². The van der Waals surface area contributed by atoms with Crippen LogP contribution < -0.4 is 4.74 Å². The van der Waals surface area contributed by atoms with Crippen molar-refractivity contribution in [1.82, 2.24) is 0 Å².